The number of rotatable bonds is 2. The highest BCUT2D eigenvalue weighted by Gasteiger charge is 2.23. The van der Waals surface area contributed by atoms with E-state index in [-0.39, 0.29) is 17.2 Å². The quantitative estimate of drug-likeness (QED) is 0.786. The van der Waals surface area contributed by atoms with Crippen LogP contribution < -0.4 is 5.32 Å². The van der Waals surface area contributed by atoms with E-state index in [9.17, 15) is 4.39 Å². The van der Waals surface area contributed by atoms with E-state index < -0.39 is 0 Å². The number of halogens is 2. The third kappa shape index (κ3) is 2.83. The first-order valence-corrected chi connectivity index (χ1v) is 5.30. The summed E-state index contributed by atoms with van der Waals surface area (Å²) in [7, 11) is 0. The second-order valence-corrected chi connectivity index (χ2v) is 4.00. The van der Waals surface area contributed by atoms with Crippen molar-refractivity contribution < 1.29 is 9.13 Å². The molecular formula is C11H12ClFNO. The van der Waals surface area contributed by atoms with E-state index >= 15 is 0 Å². The van der Waals surface area contributed by atoms with Gasteiger partial charge in [0.1, 0.15) is 12.4 Å². The molecule has 2 unspecified atom stereocenters. The SMILES string of the molecule is Fc1ccc(NC2CCO[CH]C2Cl)cc1. The third-order valence-corrected chi connectivity index (χ3v) is 2.76. The predicted octanol–water partition coefficient (Wildman–Crippen LogP) is 2.80. The van der Waals surface area contributed by atoms with Crippen LogP contribution in [0, 0.1) is 12.4 Å². The molecule has 2 nitrogen and oxygen atoms in total. The fourth-order valence-corrected chi connectivity index (χ4v) is 1.78. The summed E-state index contributed by atoms with van der Waals surface area (Å²) in [6, 6.07) is 6.40. The lowest BCUT2D eigenvalue weighted by Crippen LogP contribution is -2.35. The summed E-state index contributed by atoms with van der Waals surface area (Å²) in [6.07, 6.45) is 0.849. The van der Waals surface area contributed by atoms with Crippen molar-refractivity contribution in [1.29, 1.82) is 0 Å². The smallest absolute Gasteiger partial charge is 0.123 e. The molecule has 0 aliphatic carbocycles. The van der Waals surface area contributed by atoms with Crippen LogP contribution in [0.4, 0.5) is 10.1 Å². The van der Waals surface area contributed by atoms with Gasteiger partial charge in [0.05, 0.1) is 5.38 Å². The van der Waals surface area contributed by atoms with E-state index in [1.807, 2.05) is 0 Å². The van der Waals surface area contributed by atoms with Crippen molar-refractivity contribution >= 4 is 17.3 Å². The van der Waals surface area contributed by atoms with E-state index in [1.165, 1.54) is 12.1 Å². The standard InChI is InChI=1S/C11H12ClFNO/c12-10-7-15-6-5-11(10)14-9-3-1-8(13)2-4-9/h1-4,7,10-11,14H,5-6H2. The molecule has 15 heavy (non-hydrogen) atoms. The molecule has 1 radical (unpaired) electrons. The molecule has 81 valence electrons. The van der Waals surface area contributed by atoms with Gasteiger partial charge in [-0.15, -0.1) is 11.6 Å². The Morgan fingerprint density at radius 2 is 2.07 bits per heavy atom. The largest absolute Gasteiger partial charge is 0.381 e. The molecule has 2 atom stereocenters. The molecule has 1 aromatic rings. The van der Waals surface area contributed by atoms with Gasteiger partial charge in [-0.25, -0.2) is 4.39 Å². The van der Waals surface area contributed by atoms with Gasteiger partial charge < -0.3 is 10.1 Å². The summed E-state index contributed by atoms with van der Waals surface area (Å²) < 4.78 is 17.8. The second-order valence-electron chi connectivity index (χ2n) is 3.50. The molecule has 1 aliphatic heterocycles. The van der Waals surface area contributed by atoms with Crippen LogP contribution in [0.2, 0.25) is 0 Å². The van der Waals surface area contributed by atoms with Gasteiger partial charge in [-0.05, 0) is 30.7 Å². The fraction of sp³-hybridized carbons (Fsp3) is 0.364. The third-order valence-electron chi connectivity index (χ3n) is 2.35. The first kappa shape index (κ1) is 10.7. The molecule has 1 aromatic carbocycles. The lowest BCUT2D eigenvalue weighted by molar-refractivity contribution is 0.151. The molecule has 0 amide bonds. The minimum atomic E-state index is -0.235. The molecular weight excluding hydrogens is 217 g/mol. The average molecular weight is 229 g/mol. The van der Waals surface area contributed by atoms with Gasteiger partial charge in [-0.1, -0.05) is 0 Å². The van der Waals surface area contributed by atoms with Gasteiger partial charge in [-0.3, -0.25) is 0 Å². The molecule has 1 aliphatic rings. The zero-order valence-corrected chi connectivity index (χ0v) is 8.88. The van der Waals surface area contributed by atoms with Gasteiger partial charge in [0.2, 0.25) is 0 Å². The molecule has 0 bridgehead atoms. The van der Waals surface area contributed by atoms with E-state index in [0.717, 1.165) is 12.1 Å². The summed E-state index contributed by atoms with van der Waals surface area (Å²) in [5.41, 5.74) is 0.877. The van der Waals surface area contributed by atoms with Gasteiger partial charge in [0, 0.05) is 18.3 Å². The monoisotopic (exact) mass is 228 g/mol. The van der Waals surface area contributed by atoms with Crippen LogP contribution in [0.15, 0.2) is 24.3 Å². The van der Waals surface area contributed by atoms with Crippen LogP contribution in [0.3, 0.4) is 0 Å². The van der Waals surface area contributed by atoms with Crippen molar-refractivity contribution in [2.45, 2.75) is 17.8 Å². The lowest BCUT2D eigenvalue weighted by Gasteiger charge is -2.28. The van der Waals surface area contributed by atoms with Crippen molar-refractivity contribution in [3.05, 3.63) is 36.7 Å². The maximum absolute atomic E-state index is 12.7. The van der Waals surface area contributed by atoms with Gasteiger partial charge in [0.25, 0.3) is 0 Å². The fourth-order valence-electron chi connectivity index (χ4n) is 1.52. The number of anilines is 1. The Hall–Kier alpha value is -0.800. The second kappa shape index (κ2) is 4.81. The Labute approximate surface area is 93.4 Å². The number of nitrogens with one attached hydrogen (secondary N) is 1. The molecule has 1 saturated heterocycles. The van der Waals surface area contributed by atoms with Crippen molar-refractivity contribution in [2.75, 3.05) is 11.9 Å². The van der Waals surface area contributed by atoms with Gasteiger partial charge in [0.15, 0.2) is 0 Å². The topological polar surface area (TPSA) is 21.3 Å². The number of hydrogen-bond acceptors (Lipinski definition) is 2. The van der Waals surface area contributed by atoms with Crippen LogP contribution in [0.1, 0.15) is 6.42 Å². The zero-order valence-electron chi connectivity index (χ0n) is 8.12. The minimum Gasteiger partial charge on any atom is -0.381 e. The Kier molecular flexibility index (Phi) is 3.44. The maximum Gasteiger partial charge on any atom is 0.123 e. The maximum atomic E-state index is 12.7. The first-order valence-electron chi connectivity index (χ1n) is 4.87. The normalized spacial score (nSPS) is 26.3. The summed E-state index contributed by atoms with van der Waals surface area (Å²) in [4.78, 5) is 0. The number of benzene rings is 1. The molecule has 0 spiro atoms. The van der Waals surface area contributed by atoms with E-state index in [4.69, 9.17) is 16.3 Å². The van der Waals surface area contributed by atoms with Crippen LogP contribution in [0.5, 0.6) is 0 Å². The van der Waals surface area contributed by atoms with Crippen molar-refractivity contribution in [1.82, 2.24) is 0 Å². The summed E-state index contributed by atoms with van der Waals surface area (Å²) in [6.45, 7) is 2.30. The highest BCUT2D eigenvalue weighted by molar-refractivity contribution is 6.22. The molecule has 4 heteroatoms. The number of alkyl halides is 1. The van der Waals surface area contributed by atoms with E-state index in [0.29, 0.717) is 6.61 Å². The molecule has 2 rings (SSSR count). The molecule has 0 aromatic heterocycles. The van der Waals surface area contributed by atoms with Crippen molar-refractivity contribution in [3.63, 3.8) is 0 Å². The number of hydrogen-bond donors (Lipinski definition) is 1. The first-order chi connectivity index (χ1) is 7.25. The minimum absolute atomic E-state index is 0.144. The van der Waals surface area contributed by atoms with E-state index in [2.05, 4.69) is 5.32 Å². The summed E-state index contributed by atoms with van der Waals surface area (Å²) >= 11 is 6.05. The molecule has 0 saturated carbocycles. The Balaban J connectivity index is 1.98. The average Bonchev–Trinajstić information content (AvgIpc) is 2.25. The predicted molar refractivity (Wildman–Crippen MR) is 58.3 cm³/mol. The zero-order chi connectivity index (χ0) is 10.7. The summed E-state index contributed by atoms with van der Waals surface area (Å²) in [5, 5.41) is 3.10. The lowest BCUT2D eigenvalue weighted by atomic mass is 10.1. The highest BCUT2D eigenvalue weighted by Crippen LogP contribution is 2.21. The van der Waals surface area contributed by atoms with Crippen LogP contribution in [0.25, 0.3) is 0 Å². The Morgan fingerprint density at radius 1 is 1.33 bits per heavy atom. The van der Waals surface area contributed by atoms with Gasteiger partial charge in [-0.2, -0.15) is 0 Å². The molecule has 1 heterocycles. The molecule has 1 N–H and O–H groups in total. The van der Waals surface area contributed by atoms with Crippen LogP contribution in [-0.4, -0.2) is 18.0 Å². The van der Waals surface area contributed by atoms with Gasteiger partial charge >= 0.3 is 0 Å². The van der Waals surface area contributed by atoms with Crippen LogP contribution in [-0.2, 0) is 4.74 Å². The number of ether oxygens (including phenoxy) is 1. The Morgan fingerprint density at radius 3 is 2.73 bits per heavy atom. The molecule has 1 fully saturated rings. The summed E-state index contributed by atoms with van der Waals surface area (Å²) in [5.74, 6) is -0.235. The van der Waals surface area contributed by atoms with Crippen LogP contribution >= 0.6 is 11.6 Å². The Bertz CT molecular complexity index is 317. The van der Waals surface area contributed by atoms with Crippen molar-refractivity contribution in [3.8, 4) is 0 Å². The van der Waals surface area contributed by atoms with Crippen molar-refractivity contribution in [2.24, 2.45) is 0 Å². The highest BCUT2D eigenvalue weighted by atomic mass is 35.5. The van der Waals surface area contributed by atoms with E-state index in [1.54, 1.807) is 18.7 Å².